The number of benzene rings is 2. The molecule has 3 N–H and O–H groups in total. The van der Waals surface area contributed by atoms with Gasteiger partial charge in [0.15, 0.2) is 6.61 Å². The van der Waals surface area contributed by atoms with Gasteiger partial charge < -0.3 is 20.5 Å². The van der Waals surface area contributed by atoms with Gasteiger partial charge in [-0.2, -0.15) is 0 Å². The van der Waals surface area contributed by atoms with Gasteiger partial charge >= 0.3 is 5.97 Å². The van der Waals surface area contributed by atoms with E-state index in [-0.39, 0.29) is 28.4 Å². The van der Waals surface area contributed by atoms with Gasteiger partial charge in [0.05, 0.1) is 23.7 Å². The number of ether oxygens (including phenoxy) is 2. The molecule has 0 radical (unpaired) electrons. The summed E-state index contributed by atoms with van der Waals surface area (Å²) < 4.78 is 22.6. The van der Waals surface area contributed by atoms with Gasteiger partial charge in [0.1, 0.15) is 17.3 Å². The number of halogens is 1. The maximum Gasteiger partial charge on any atom is 0.340 e. The highest BCUT2D eigenvalue weighted by Gasteiger charge is 2.19. The first-order valence-corrected chi connectivity index (χ1v) is 7.16. The molecule has 9 nitrogen and oxygen atoms in total. The minimum atomic E-state index is -0.929. The minimum Gasteiger partial charge on any atom is -0.496 e. The molecule has 2 rings (SSSR count). The van der Waals surface area contributed by atoms with Crippen molar-refractivity contribution in [2.75, 3.05) is 24.8 Å². The van der Waals surface area contributed by atoms with E-state index in [1.54, 1.807) is 0 Å². The predicted octanol–water partition coefficient (Wildman–Crippen LogP) is 2.12. The molecule has 0 atom stereocenters. The van der Waals surface area contributed by atoms with E-state index in [0.29, 0.717) is 0 Å². The summed E-state index contributed by atoms with van der Waals surface area (Å²) in [5.41, 5.74) is 4.80. The molecule has 10 heteroatoms. The van der Waals surface area contributed by atoms with Crippen molar-refractivity contribution in [2.45, 2.75) is 0 Å². The smallest absolute Gasteiger partial charge is 0.340 e. The SMILES string of the molecule is COc1ccc(NC(=O)COC(=O)c2ccc(F)cc2N)c([N+](=O)[O-])c1. The molecule has 2 aromatic carbocycles. The van der Waals surface area contributed by atoms with Gasteiger partial charge in [0.2, 0.25) is 0 Å². The first kappa shape index (κ1) is 18.6. The zero-order valence-electron chi connectivity index (χ0n) is 13.5. The lowest BCUT2D eigenvalue weighted by Gasteiger charge is -2.09. The van der Waals surface area contributed by atoms with E-state index in [9.17, 15) is 24.1 Å². The molecule has 0 bridgehead atoms. The van der Waals surface area contributed by atoms with E-state index in [1.807, 2.05) is 0 Å². The molecule has 0 aliphatic carbocycles. The number of esters is 1. The number of nitrogens with zero attached hydrogens (tertiary/aromatic N) is 1. The van der Waals surface area contributed by atoms with E-state index < -0.39 is 29.2 Å². The molecule has 0 spiro atoms. The van der Waals surface area contributed by atoms with Crippen LogP contribution in [0, 0.1) is 15.9 Å². The largest absolute Gasteiger partial charge is 0.496 e. The number of carbonyl (C=O) groups is 2. The number of carbonyl (C=O) groups excluding carboxylic acids is 2. The van der Waals surface area contributed by atoms with Crippen LogP contribution in [0.5, 0.6) is 5.75 Å². The normalized spacial score (nSPS) is 10.1. The van der Waals surface area contributed by atoms with Crippen LogP contribution in [0.25, 0.3) is 0 Å². The van der Waals surface area contributed by atoms with Crippen molar-refractivity contribution in [3.05, 3.63) is 57.9 Å². The summed E-state index contributed by atoms with van der Waals surface area (Å²) in [6.07, 6.45) is 0. The van der Waals surface area contributed by atoms with Crippen molar-refractivity contribution >= 4 is 28.9 Å². The van der Waals surface area contributed by atoms with Crippen molar-refractivity contribution < 1.29 is 28.4 Å². The van der Waals surface area contributed by atoms with E-state index >= 15 is 0 Å². The van der Waals surface area contributed by atoms with Crippen LogP contribution < -0.4 is 15.8 Å². The van der Waals surface area contributed by atoms with Crippen LogP contribution in [0.3, 0.4) is 0 Å². The van der Waals surface area contributed by atoms with Gasteiger partial charge in [0.25, 0.3) is 11.6 Å². The van der Waals surface area contributed by atoms with Gasteiger partial charge in [-0.05, 0) is 30.3 Å². The number of amides is 1. The third-order valence-electron chi connectivity index (χ3n) is 3.24. The summed E-state index contributed by atoms with van der Waals surface area (Å²) >= 11 is 0. The fourth-order valence-corrected chi connectivity index (χ4v) is 2.01. The standard InChI is InChI=1S/C16H14FN3O6/c1-25-10-3-5-13(14(7-10)20(23)24)19-15(21)8-26-16(22)11-4-2-9(17)6-12(11)18/h2-7H,8,18H2,1H3,(H,19,21). The second kappa shape index (κ2) is 7.92. The Kier molecular flexibility index (Phi) is 5.68. The zero-order valence-corrected chi connectivity index (χ0v) is 13.5. The monoisotopic (exact) mass is 363 g/mol. The number of rotatable bonds is 6. The number of hydrogen-bond acceptors (Lipinski definition) is 7. The summed E-state index contributed by atoms with van der Waals surface area (Å²) in [5, 5.41) is 13.3. The lowest BCUT2D eigenvalue weighted by molar-refractivity contribution is -0.384. The fourth-order valence-electron chi connectivity index (χ4n) is 2.01. The molecule has 0 aliphatic heterocycles. The van der Waals surface area contributed by atoms with Gasteiger partial charge in [0, 0.05) is 5.69 Å². The summed E-state index contributed by atoms with van der Waals surface area (Å²) in [6, 6.07) is 6.94. The highest BCUT2D eigenvalue weighted by atomic mass is 19.1. The Morgan fingerprint density at radius 3 is 2.62 bits per heavy atom. The Bertz CT molecular complexity index is 871. The van der Waals surface area contributed by atoms with Crippen LogP contribution in [-0.2, 0) is 9.53 Å². The number of nitrogens with two attached hydrogens (primary N) is 1. The van der Waals surface area contributed by atoms with Crippen molar-refractivity contribution in [1.82, 2.24) is 0 Å². The topological polar surface area (TPSA) is 134 Å². The Hall–Kier alpha value is -3.69. The van der Waals surface area contributed by atoms with Crippen LogP contribution >= 0.6 is 0 Å². The number of nitrogens with one attached hydrogen (secondary N) is 1. The van der Waals surface area contributed by atoms with Crippen molar-refractivity contribution in [3.8, 4) is 5.75 Å². The van der Waals surface area contributed by atoms with Crippen LogP contribution in [0.2, 0.25) is 0 Å². The maximum atomic E-state index is 13.0. The first-order chi connectivity index (χ1) is 12.3. The summed E-state index contributed by atoms with van der Waals surface area (Å²) in [7, 11) is 1.35. The lowest BCUT2D eigenvalue weighted by atomic mass is 10.2. The van der Waals surface area contributed by atoms with Crippen LogP contribution in [0.4, 0.5) is 21.5 Å². The average molecular weight is 363 g/mol. The van der Waals surface area contributed by atoms with Crippen molar-refractivity contribution in [2.24, 2.45) is 0 Å². The second-order valence-corrected chi connectivity index (χ2v) is 5.00. The Morgan fingerprint density at radius 2 is 2.00 bits per heavy atom. The van der Waals surface area contributed by atoms with Gasteiger partial charge in [-0.1, -0.05) is 0 Å². The molecule has 136 valence electrons. The molecule has 0 heterocycles. The average Bonchev–Trinajstić information content (AvgIpc) is 2.59. The molecule has 0 saturated heterocycles. The van der Waals surface area contributed by atoms with Crippen molar-refractivity contribution in [1.29, 1.82) is 0 Å². The van der Waals surface area contributed by atoms with Crippen LogP contribution in [0.1, 0.15) is 10.4 Å². The predicted molar refractivity (Wildman–Crippen MR) is 89.4 cm³/mol. The molecule has 1 amide bonds. The molecule has 0 unspecified atom stereocenters. The molecule has 26 heavy (non-hydrogen) atoms. The summed E-state index contributed by atoms with van der Waals surface area (Å²) in [5.74, 6) is -2.11. The third-order valence-corrected chi connectivity index (χ3v) is 3.24. The second-order valence-electron chi connectivity index (χ2n) is 5.00. The number of nitrogen functional groups attached to an aromatic ring is 1. The third kappa shape index (κ3) is 4.44. The van der Waals surface area contributed by atoms with Crippen LogP contribution in [-0.4, -0.2) is 30.5 Å². The molecule has 0 fully saturated rings. The molecule has 0 saturated carbocycles. The number of nitro benzene ring substituents is 1. The van der Waals surface area contributed by atoms with E-state index in [0.717, 1.165) is 24.3 Å². The van der Waals surface area contributed by atoms with E-state index in [4.69, 9.17) is 15.2 Å². The highest BCUT2D eigenvalue weighted by Crippen LogP contribution is 2.28. The Morgan fingerprint density at radius 1 is 1.27 bits per heavy atom. The van der Waals surface area contributed by atoms with E-state index in [1.165, 1.54) is 19.2 Å². The Balaban J connectivity index is 2.03. The fraction of sp³-hybridized carbons (Fsp3) is 0.125. The molecule has 2 aromatic rings. The van der Waals surface area contributed by atoms with E-state index in [2.05, 4.69) is 5.32 Å². The zero-order chi connectivity index (χ0) is 19.3. The highest BCUT2D eigenvalue weighted by molar-refractivity contribution is 5.98. The number of methoxy groups -OCH3 is 1. The molecular weight excluding hydrogens is 349 g/mol. The lowest BCUT2D eigenvalue weighted by Crippen LogP contribution is -2.21. The quantitative estimate of drug-likeness (QED) is 0.347. The first-order valence-electron chi connectivity index (χ1n) is 7.16. The molecule has 0 aliphatic rings. The number of nitro groups is 1. The summed E-state index contributed by atoms with van der Waals surface area (Å²) in [6.45, 7) is -0.709. The summed E-state index contributed by atoms with van der Waals surface area (Å²) in [4.78, 5) is 34.1. The van der Waals surface area contributed by atoms with Crippen LogP contribution in [0.15, 0.2) is 36.4 Å². The van der Waals surface area contributed by atoms with Gasteiger partial charge in [-0.3, -0.25) is 14.9 Å². The van der Waals surface area contributed by atoms with Crippen molar-refractivity contribution in [3.63, 3.8) is 0 Å². The number of anilines is 2. The maximum absolute atomic E-state index is 13.0. The molecular formula is C16H14FN3O6. The number of hydrogen-bond donors (Lipinski definition) is 2. The minimum absolute atomic E-state index is 0.0851. The Labute approximate surface area is 146 Å². The molecule has 0 aromatic heterocycles. The van der Waals surface area contributed by atoms with Gasteiger partial charge in [-0.15, -0.1) is 0 Å². The van der Waals surface area contributed by atoms with Gasteiger partial charge in [-0.25, -0.2) is 9.18 Å².